The SMILES string of the molecule is C=CCOc1ccccc1CN[C@@H](C)c1ccncc1. The molecule has 1 heterocycles. The monoisotopic (exact) mass is 268 g/mol. The van der Waals surface area contributed by atoms with E-state index in [0.29, 0.717) is 6.61 Å². The molecule has 0 fully saturated rings. The Morgan fingerprint density at radius 3 is 2.75 bits per heavy atom. The van der Waals surface area contributed by atoms with Gasteiger partial charge in [-0.2, -0.15) is 0 Å². The van der Waals surface area contributed by atoms with Crippen molar-refractivity contribution in [3.63, 3.8) is 0 Å². The zero-order valence-corrected chi connectivity index (χ0v) is 11.8. The van der Waals surface area contributed by atoms with Crippen molar-refractivity contribution in [1.29, 1.82) is 0 Å². The highest BCUT2D eigenvalue weighted by atomic mass is 16.5. The number of hydrogen-bond acceptors (Lipinski definition) is 3. The van der Waals surface area contributed by atoms with Crippen molar-refractivity contribution in [3.05, 3.63) is 72.6 Å². The number of benzene rings is 1. The minimum Gasteiger partial charge on any atom is -0.489 e. The Kier molecular flexibility index (Phi) is 5.33. The highest BCUT2D eigenvalue weighted by Gasteiger charge is 2.07. The van der Waals surface area contributed by atoms with Crippen LogP contribution in [-0.4, -0.2) is 11.6 Å². The molecule has 1 aromatic carbocycles. The zero-order valence-electron chi connectivity index (χ0n) is 11.8. The van der Waals surface area contributed by atoms with Gasteiger partial charge in [-0.1, -0.05) is 30.9 Å². The van der Waals surface area contributed by atoms with Crippen LogP contribution in [0.15, 0.2) is 61.4 Å². The van der Waals surface area contributed by atoms with E-state index in [2.05, 4.69) is 29.9 Å². The molecule has 2 rings (SSSR count). The van der Waals surface area contributed by atoms with Crippen molar-refractivity contribution in [2.24, 2.45) is 0 Å². The van der Waals surface area contributed by atoms with E-state index >= 15 is 0 Å². The van der Waals surface area contributed by atoms with Crippen LogP contribution in [0.4, 0.5) is 0 Å². The molecule has 0 saturated heterocycles. The van der Waals surface area contributed by atoms with E-state index in [4.69, 9.17) is 4.74 Å². The predicted octanol–water partition coefficient (Wildman–Crippen LogP) is 3.50. The number of aromatic nitrogens is 1. The van der Waals surface area contributed by atoms with Gasteiger partial charge in [0.05, 0.1) is 0 Å². The molecule has 0 saturated carbocycles. The van der Waals surface area contributed by atoms with Crippen molar-refractivity contribution in [2.75, 3.05) is 6.61 Å². The Hall–Kier alpha value is -2.13. The molecule has 104 valence electrons. The summed E-state index contributed by atoms with van der Waals surface area (Å²) in [6.07, 6.45) is 5.38. The first-order chi connectivity index (χ1) is 9.81. The first-order valence-electron chi connectivity index (χ1n) is 6.76. The first-order valence-corrected chi connectivity index (χ1v) is 6.76. The summed E-state index contributed by atoms with van der Waals surface area (Å²) >= 11 is 0. The number of para-hydroxylation sites is 1. The highest BCUT2D eigenvalue weighted by Crippen LogP contribution is 2.19. The Morgan fingerprint density at radius 1 is 1.25 bits per heavy atom. The lowest BCUT2D eigenvalue weighted by Crippen LogP contribution is -2.18. The van der Waals surface area contributed by atoms with Crippen LogP contribution < -0.4 is 10.1 Å². The van der Waals surface area contributed by atoms with Crippen molar-refractivity contribution in [1.82, 2.24) is 10.3 Å². The predicted molar refractivity (Wildman–Crippen MR) is 81.6 cm³/mol. The number of nitrogens with zero attached hydrogens (tertiary/aromatic N) is 1. The molecular weight excluding hydrogens is 248 g/mol. The van der Waals surface area contributed by atoms with Gasteiger partial charge in [-0.3, -0.25) is 4.98 Å². The number of pyridine rings is 1. The summed E-state index contributed by atoms with van der Waals surface area (Å²) in [5, 5.41) is 3.50. The van der Waals surface area contributed by atoms with Gasteiger partial charge in [0.15, 0.2) is 0 Å². The summed E-state index contributed by atoms with van der Waals surface area (Å²) < 4.78 is 5.66. The van der Waals surface area contributed by atoms with Gasteiger partial charge in [0.25, 0.3) is 0 Å². The summed E-state index contributed by atoms with van der Waals surface area (Å²) in [6, 6.07) is 12.4. The maximum absolute atomic E-state index is 5.66. The summed E-state index contributed by atoms with van der Waals surface area (Å²) in [7, 11) is 0. The van der Waals surface area contributed by atoms with E-state index in [1.165, 1.54) is 5.56 Å². The molecule has 3 heteroatoms. The molecule has 0 radical (unpaired) electrons. The Morgan fingerprint density at radius 2 is 2.00 bits per heavy atom. The van der Waals surface area contributed by atoms with E-state index in [0.717, 1.165) is 17.9 Å². The smallest absolute Gasteiger partial charge is 0.124 e. The van der Waals surface area contributed by atoms with Crippen LogP contribution in [0.25, 0.3) is 0 Å². The lowest BCUT2D eigenvalue weighted by molar-refractivity contribution is 0.357. The molecular formula is C17H20N2O. The van der Waals surface area contributed by atoms with Gasteiger partial charge in [0.2, 0.25) is 0 Å². The average Bonchev–Trinajstić information content (AvgIpc) is 2.52. The van der Waals surface area contributed by atoms with Gasteiger partial charge in [0, 0.05) is 30.5 Å². The molecule has 0 spiro atoms. The van der Waals surface area contributed by atoms with Gasteiger partial charge in [-0.25, -0.2) is 0 Å². The number of hydrogen-bond donors (Lipinski definition) is 1. The Bertz CT molecular complexity index is 540. The van der Waals surface area contributed by atoms with Gasteiger partial charge < -0.3 is 10.1 Å². The van der Waals surface area contributed by atoms with E-state index in [9.17, 15) is 0 Å². The van der Waals surface area contributed by atoms with Crippen molar-refractivity contribution in [2.45, 2.75) is 19.5 Å². The largest absolute Gasteiger partial charge is 0.489 e. The second kappa shape index (κ2) is 7.46. The second-order valence-electron chi connectivity index (χ2n) is 4.59. The van der Waals surface area contributed by atoms with Crippen molar-refractivity contribution >= 4 is 0 Å². The molecule has 0 unspecified atom stereocenters. The van der Waals surface area contributed by atoms with Crippen LogP contribution in [0, 0.1) is 0 Å². The summed E-state index contributed by atoms with van der Waals surface area (Å²) in [5.41, 5.74) is 2.37. The van der Waals surface area contributed by atoms with Crippen LogP contribution in [0.5, 0.6) is 5.75 Å². The molecule has 0 aliphatic heterocycles. The second-order valence-corrected chi connectivity index (χ2v) is 4.59. The molecule has 0 bridgehead atoms. The maximum Gasteiger partial charge on any atom is 0.124 e. The van der Waals surface area contributed by atoms with Crippen LogP contribution >= 0.6 is 0 Å². The van der Waals surface area contributed by atoms with Crippen LogP contribution in [0.2, 0.25) is 0 Å². The fourth-order valence-corrected chi connectivity index (χ4v) is 1.97. The first kappa shape index (κ1) is 14.3. The molecule has 3 nitrogen and oxygen atoms in total. The van der Waals surface area contributed by atoms with E-state index in [1.54, 1.807) is 6.08 Å². The lowest BCUT2D eigenvalue weighted by Gasteiger charge is -2.16. The summed E-state index contributed by atoms with van der Waals surface area (Å²) in [4.78, 5) is 4.04. The van der Waals surface area contributed by atoms with Crippen LogP contribution in [-0.2, 0) is 6.54 Å². The fourth-order valence-electron chi connectivity index (χ4n) is 1.97. The molecule has 0 amide bonds. The molecule has 0 aliphatic carbocycles. The van der Waals surface area contributed by atoms with Crippen molar-refractivity contribution < 1.29 is 4.74 Å². The molecule has 1 aromatic heterocycles. The molecule has 2 aromatic rings. The van der Waals surface area contributed by atoms with Gasteiger partial charge >= 0.3 is 0 Å². The summed E-state index contributed by atoms with van der Waals surface area (Å²) in [5.74, 6) is 0.904. The van der Waals surface area contributed by atoms with Gasteiger partial charge in [0.1, 0.15) is 12.4 Å². The average molecular weight is 268 g/mol. The summed E-state index contributed by atoms with van der Waals surface area (Å²) in [6.45, 7) is 7.10. The highest BCUT2D eigenvalue weighted by molar-refractivity contribution is 5.33. The quantitative estimate of drug-likeness (QED) is 0.780. The Labute approximate surface area is 120 Å². The molecule has 0 aliphatic rings. The third-order valence-corrected chi connectivity index (χ3v) is 3.13. The lowest BCUT2D eigenvalue weighted by atomic mass is 10.1. The van der Waals surface area contributed by atoms with Crippen LogP contribution in [0.1, 0.15) is 24.1 Å². The zero-order chi connectivity index (χ0) is 14.2. The van der Waals surface area contributed by atoms with Gasteiger partial charge in [-0.05, 0) is 30.7 Å². The minimum atomic E-state index is 0.269. The normalized spacial score (nSPS) is 11.8. The number of ether oxygens (including phenoxy) is 1. The Balaban J connectivity index is 1.98. The number of nitrogens with one attached hydrogen (secondary N) is 1. The number of rotatable bonds is 7. The van der Waals surface area contributed by atoms with Crippen molar-refractivity contribution in [3.8, 4) is 5.75 Å². The molecule has 1 atom stereocenters. The fraction of sp³-hybridized carbons (Fsp3) is 0.235. The van der Waals surface area contributed by atoms with Gasteiger partial charge in [-0.15, -0.1) is 0 Å². The standard InChI is InChI=1S/C17H20N2O/c1-3-12-20-17-7-5-4-6-16(17)13-19-14(2)15-8-10-18-11-9-15/h3-11,14,19H,1,12-13H2,2H3/t14-/m0/s1. The van der Waals surface area contributed by atoms with Crippen LogP contribution in [0.3, 0.4) is 0 Å². The third-order valence-electron chi connectivity index (χ3n) is 3.13. The molecule has 20 heavy (non-hydrogen) atoms. The van der Waals surface area contributed by atoms with E-state index in [1.807, 2.05) is 42.7 Å². The third kappa shape index (κ3) is 3.93. The maximum atomic E-state index is 5.66. The minimum absolute atomic E-state index is 0.269. The van der Waals surface area contributed by atoms with E-state index in [-0.39, 0.29) is 6.04 Å². The van der Waals surface area contributed by atoms with E-state index < -0.39 is 0 Å². The molecule has 1 N–H and O–H groups in total. The topological polar surface area (TPSA) is 34.1 Å².